The topological polar surface area (TPSA) is 129 Å². The number of hydrazine groups is 1. The van der Waals surface area contributed by atoms with Gasteiger partial charge in [-0.1, -0.05) is 18.2 Å². The molecule has 164 valence electrons. The predicted octanol–water partition coefficient (Wildman–Crippen LogP) is 1.62. The van der Waals surface area contributed by atoms with E-state index in [1.807, 2.05) is 4.83 Å². The largest absolute Gasteiger partial charge is 0.497 e. The fraction of sp³-hybridized carbons (Fsp3) is 0.250. The molecule has 0 atom stereocenters. The average Bonchev–Trinajstić information content (AvgIpc) is 2.77. The van der Waals surface area contributed by atoms with Crippen molar-refractivity contribution in [3.05, 3.63) is 58.5 Å². The Morgan fingerprint density at radius 3 is 2.35 bits per heavy atom. The highest BCUT2D eigenvalue weighted by atomic mass is 32.2. The number of aromatic nitrogens is 2. The number of benzene rings is 2. The molecule has 10 nitrogen and oxygen atoms in total. The summed E-state index contributed by atoms with van der Waals surface area (Å²) < 4.78 is 36.9. The molecular weight excluding hydrogens is 424 g/mol. The van der Waals surface area contributed by atoms with E-state index in [0.717, 1.165) is 0 Å². The van der Waals surface area contributed by atoms with Crippen molar-refractivity contribution in [2.45, 2.75) is 24.8 Å². The molecule has 2 aromatic carbocycles. The number of rotatable bonds is 7. The highest BCUT2D eigenvalue weighted by molar-refractivity contribution is 7.89. The maximum Gasteiger partial charge on any atom is 0.287 e. The fourth-order valence-electron chi connectivity index (χ4n) is 2.95. The van der Waals surface area contributed by atoms with Gasteiger partial charge in [0, 0.05) is 11.5 Å². The normalized spacial score (nSPS) is 11.5. The van der Waals surface area contributed by atoms with Gasteiger partial charge in [0.15, 0.2) is 5.69 Å². The predicted molar refractivity (Wildman–Crippen MR) is 114 cm³/mol. The first-order valence-electron chi connectivity index (χ1n) is 9.25. The Hall–Kier alpha value is -3.44. The van der Waals surface area contributed by atoms with Crippen LogP contribution in [0.2, 0.25) is 0 Å². The third-order valence-electron chi connectivity index (χ3n) is 4.49. The maximum atomic E-state index is 12.8. The Labute approximate surface area is 178 Å². The summed E-state index contributed by atoms with van der Waals surface area (Å²) in [6.45, 7) is 3.51. The Balaban J connectivity index is 1.97. The molecule has 0 aliphatic heterocycles. The van der Waals surface area contributed by atoms with Crippen molar-refractivity contribution < 1.29 is 22.7 Å². The number of hydrogen-bond acceptors (Lipinski definition) is 7. The number of fused-ring (bicyclic) bond motifs is 1. The summed E-state index contributed by atoms with van der Waals surface area (Å²) in [4.78, 5) is 27.3. The van der Waals surface area contributed by atoms with Gasteiger partial charge in [-0.25, -0.2) is 13.1 Å². The van der Waals surface area contributed by atoms with E-state index in [4.69, 9.17) is 9.47 Å². The molecule has 0 radical (unpaired) electrons. The van der Waals surface area contributed by atoms with Gasteiger partial charge >= 0.3 is 0 Å². The molecule has 0 bridgehead atoms. The van der Waals surface area contributed by atoms with E-state index in [-0.39, 0.29) is 27.9 Å². The Bertz CT molecular complexity index is 1300. The molecule has 11 heteroatoms. The van der Waals surface area contributed by atoms with Gasteiger partial charge in [-0.2, -0.15) is 5.10 Å². The van der Waals surface area contributed by atoms with Crippen molar-refractivity contribution in [1.29, 1.82) is 0 Å². The van der Waals surface area contributed by atoms with Gasteiger partial charge in [-0.3, -0.25) is 15.0 Å². The van der Waals surface area contributed by atoms with Crippen molar-refractivity contribution in [3.8, 4) is 11.5 Å². The van der Waals surface area contributed by atoms with Crippen LogP contribution >= 0.6 is 0 Å². The van der Waals surface area contributed by atoms with Crippen LogP contribution in [0.3, 0.4) is 0 Å². The molecule has 0 aliphatic carbocycles. The van der Waals surface area contributed by atoms with Gasteiger partial charge in [-0.05, 0) is 32.0 Å². The van der Waals surface area contributed by atoms with E-state index in [1.165, 1.54) is 31.0 Å². The molecular formula is C20H22N4O6S. The number of carbonyl (C=O) groups excluding carboxylic acids is 1. The van der Waals surface area contributed by atoms with E-state index in [0.29, 0.717) is 16.5 Å². The summed E-state index contributed by atoms with van der Waals surface area (Å²) >= 11 is 0. The molecule has 0 aliphatic rings. The Morgan fingerprint density at radius 1 is 1.06 bits per heavy atom. The number of nitrogens with one attached hydrogen (secondary N) is 2. The molecule has 0 fully saturated rings. The second kappa shape index (κ2) is 8.74. The lowest BCUT2D eigenvalue weighted by Crippen LogP contribution is -2.43. The zero-order valence-corrected chi connectivity index (χ0v) is 18.2. The van der Waals surface area contributed by atoms with E-state index in [1.54, 1.807) is 44.2 Å². The number of sulfonamides is 1. The first-order chi connectivity index (χ1) is 14.7. The summed E-state index contributed by atoms with van der Waals surface area (Å²) in [5.41, 5.74) is 1.72. The summed E-state index contributed by atoms with van der Waals surface area (Å²) in [6, 6.07) is 10.4. The van der Waals surface area contributed by atoms with Crippen LogP contribution in [0.25, 0.3) is 10.8 Å². The molecule has 0 spiro atoms. The Morgan fingerprint density at radius 2 is 1.74 bits per heavy atom. The highest BCUT2D eigenvalue weighted by Gasteiger charge is 2.23. The number of ether oxygens (including phenoxy) is 2. The van der Waals surface area contributed by atoms with Crippen LogP contribution < -0.4 is 25.3 Å². The highest BCUT2D eigenvalue weighted by Crippen LogP contribution is 2.27. The van der Waals surface area contributed by atoms with Gasteiger partial charge < -0.3 is 9.47 Å². The van der Waals surface area contributed by atoms with Crippen LogP contribution in [-0.4, -0.2) is 38.3 Å². The lowest BCUT2D eigenvalue weighted by atomic mass is 10.1. The van der Waals surface area contributed by atoms with Crippen LogP contribution in [0.5, 0.6) is 11.5 Å². The lowest BCUT2D eigenvalue weighted by Gasteiger charge is -2.15. The minimum absolute atomic E-state index is 0.0690. The molecule has 1 heterocycles. The first kappa shape index (κ1) is 22.2. The number of methoxy groups -OCH3 is 2. The second-order valence-electron chi connectivity index (χ2n) is 6.81. The summed E-state index contributed by atoms with van der Waals surface area (Å²) in [5, 5.41) is 4.75. The number of amides is 1. The summed E-state index contributed by atoms with van der Waals surface area (Å²) in [5.74, 6) is -0.459. The van der Waals surface area contributed by atoms with Crippen LogP contribution in [0.4, 0.5) is 0 Å². The quantitative estimate of drug-likeness (QED) is 0.528. The first-order valence-corrected chi connectivity index (χ1v) is 10.7. The van der Waals surface area contributed by atoms with Crippen LogP contribution in [-0.2, 0) is 10.0 Å². The average molecular weight is 446 g/mol. The lowest BCUT2D eigenvalue weighted by molar-refractivity contribution is 0.0939. The molecule has 0 saturated carbocycles. The van der Waals surface area contributed by atoms with Crippen molar-refractivity contribution in [2.24, 2.45) is 0 Å². The van der Waals surface area contributed by atoms with Crippen molar-refractivity contribution in [2.75, 3.05) is 14.2 Å². The molecule has 2 N–H and O–H groups in total. The van der Waals surface area contributed by atoms with Crippen molar-refractivity contribution in [1.82, 2.24) is 20.0 Å². The summed E-state index contributed by atoms with van der Waals surface area (Å²) in [7, 11) is -1.49. The third kappa shape index (κ3) is 4.37. The summed E-state index contributed by atoms with van der Waals surface area (Å²) in [6.07, 6.45) is 0. The van der Waals surface area contributed by atoms with Crippen LogP contribution in [0.1, 0.15) is 30.4 Å². The zero-order valence-electron chi connectivity index (χ0n) is 17.4. The van der Waals surface area contributed by atoms with E-state index in [9.17, 15) is 18.0 Å². The second-order valence-corrected chi connectivity index (χ2v) is 8.46. The van der Waals surface area contributed by atoms with Gasteiger partial charge in [-0.15, -0.1) is 4.83 Å². The molecule has 3 aromatic rings. The molecule has 1 aromatic heterocycles. The SMILES string of the molecule is COc1ccc(OC)c(S(=O)(=O)NNC(=O)c2nn(C(C)C)c(=O)c3ccccc23)c1. The third-order valence-corrected chi connectivity index (χ3v) is 5.76. The van der Waals surface area contributed by atoms with Crippen molar-refractivity contribution in [3.63, 3.8) is 0 Å². The maximum absolute atomic E-state index is 12.8. The fourth-order valence-corrected chi connectivity index (χ4v) is 3.97. The zero-order chi connectivity index (χ0) is 22.8. The monoisotopic (exact) mass is 446 g/mol. The minimum atomic E-state index is -4.21. The van der Waals surface area contributed by atoms with Gasteiger partial charge in [0.25, 0.3) is 21.5 Å². The van der Waals surface area contributed by atoms with Crippen molar-refractivity contribution >= 4 is 26.7 Å². The number of hydrogen-bond donors (Lipinski definition) is 2. The van der Waals surface area contributed by atoms with Crippen LogP contribution in [0.15, 0.2) is 52.2 Å². The number of carbonyl (C=O) groups is 1. The van der Waals surface area contributed by atoms with Gasteiger partial charge in [0.2, 0.25) is 0 Å². The minimum Gasteiger partial charge on any atom is -0.497 e. The standard InChI is InChI=1S/C20H22N4O6S/c1-12(2)24-20(26)15-8-6-5-7-14(15)18(22-24)19(25)21-23-31(27,28)17-11-13(29-3)9-10-16(17)30-4/h5-12,23H,1-4H3,(H,21,25). The van der Waals surface area contributed by atoms with Gasteiger partial charge in [0.1, 0.15) is 16.4 Å². The molecule has 0 unspecified atom stereocenters. The molecule has 0 saturated heterocycles. The van der Waals surface area contributed by atoms with Crippen LogP contribution in [0, 0.1) is 0 Å². The van der Waals surface area contributed by atoms with Gasteiger partial charge in [0.05, 0.1) is 25.6 Å². The molecule has 3 rings (SSSR count). The smallest absolute Gasteiger partial charge is 0.287 e. The molecule has 31 heavy (non-hydrogen) atoms. The Kier molecular flexibility index (Phi) is 6.27. The molecule has 1 amide bonds. The van der Waals surface area contributed by atoms with E-state index < -0.39 is 15.9 Å². The van der Waals surface area contributed by atoms with E-state index in [2.05, 4.69) is 10.5 Å². The number of nitrogens with zero attached hydrogens (tertiary/aromatic N) is 2. The van der Waals surface area contributed by atoms with E-state index >= 15 is 0 Å².